The first kappa shape index (κ1) is 17.1. The fourth-order valence-corrected chi connectivity index (χ4v) is 4.44. The van der Waals surface area contributed by atoms with E-state index in [1.165, 1.54) is 11.3 Å². The highest BCUT2D eigenvalue weighted by atomic mass is 32.1. The molecular weight excluding hydrogens is 396 g/mol. The van der Waals surface area contributed by atoms with Gasteiger partial charge in [0.15, 0.2) is 17.3 Å². The molecule has 140 valence electrons. The molecule has 1 aliphatic rings. The molecule has 0 aliphatic carbocycles. The number of hydrogen-bond donors (Lipinski definition) is 1. The molecule has 3 aromatic heterocycles. The van der Waals surface area contributed by atoms with E-state index in [9.17, 15) is 0 Å². The molecule has 7 nitrogen and oxygen atoms in total. The maximum Gasteiger partial charge on any atom is 0.284 e. The number of benzene rings is 1. The van der Waals surface area contributed by atoms with Crippen molar-refractivity contribution >= 4 is 45.9 Å². The van der Waals surface area contributed by atoms with Gasteiger partial charge in [0.2, 0.25) is 6.79 Å². The second-order valence-electron chi connectivity index (χ2n) is 6.27. The van der Waals surface area contributed by atoms with Crippen LogP contribution in [0.15, 0.2) is 22.6 Å². The third-order valence-corrected chi connectivity index (χ3v) is 5.79. The van der Waals surface area contributed by atoms with Gasteiger partial charge >= 0.3 is 0 Å². The van der Waals surface area contributed by atoms with Gasteiger partial charge in [-0.2, -0.15) is 0 Å². The monoisotopic (exact) mass is 410 g/mol. The van der Waals surface area contributed by atoms with Crippen molar-refractivity contribution in [1.29, 1.82) is 0 Å². The number of ether oxygens (including phenoxy) is 2. The van der Waals surface area contributed by atoms with Crippen LogP contribution in [0.4, 0.5) is 0 Å². The van der Waals surface area contributed by atoms with Crippen LogP contribution in [0.25, 0.3) is 33.1 Å². The molecule has 1 aromatic carbocycles. The molecule has 0 saturated heterocycles. The smallest absolute Gasteiger partial charge is 0.284 e. The van der Waals surface area contributed by atoms with Gasteiger partial charge in [0.05, 0.1) is 10.6 Å². The summed E-state index contributed by atoms with van der Waals surface area (Å²) in [5.41, 5.74) is 2.93. The molecule has 0 atom stereocenters. The number of aromatic amines is 1. The fraction of sp³-hybridized carbons (Fsp3) is 0.158. The Bertz CT molecular complexity index is 1300. The van der Waals surface area contributed by atoms with Crippen LogP contribution in [-0.4, -0.2) is 27.0 Å². The summed E-state index contributed by atoms with van der Waals surface area (Å²) in [4.78, 5) is 11.4. The molecule has 0 fully saturated rings. The summed E-state index contributed by atoms with van der Waals surface area (Å²) >= 11 is 6.49. The molecule has 1 N–H and O–H groups in total. The molecular formula is C19H14N4O3S2. The average molecular weight is 410 g/mol. The largest absolute Gasteiger partial charge is 0.454 e. The molecule has 0 saturated carbocycles. The fourth-order valence-electron chi connectivity index (χ4n) is 3.15. The molecule has 4 heterocycles. The zero-order valence-electron chi connectivity index (χ0n) is 15.0. The lowest BCUT2D eigenvalue weighted by Crippen LogP contribution is -1.92. The summed E-state index contributed by atoms with van der Waals surface area (Å²) in [6.07, 6.45) is 3.84. The number of hydrogen-bond acceptors (Lipinski definition) is 8. The van der Waals surface area contributed by atoms with Crippen LogP contribution in [0.2, 0.25) is 0 Å². The number of H-pyrrole nitrogens is 1. The second-order valence-corrected chi connectivity index (χ2v) is 7.64. The first-order chi connectivity index (χ1) is 13.6. The van der Waals surface area contributed by atoms with E-state index in [0.717, 1.165) is 43.4 Å². The predicted octanol–water partition coefficient (Wildman–Crippen LogP) is 4.92. The van der Waals surface area contributed by atoms with Gasteiger partial charge in [0.1, 0.15) is 4.83 Å². The summed E-state index contributed by atoms with van der Waals surface area (Å²) in [6, 6.07) is 5.80. The molecule has 28 heavy (non-hydrogen) atoms. The van der Waals surface area contributed by atoms with Crippen molar-refractivity contribution < 1.29 is 13.9 Å². The van der Waals surface area contributed by atoms with E-state index in [2.05, 4.69) is 15.2 Å². The number of thiophene rings is 1. The Morgan fingerprint density at radius 2 is 2.00 bits per heavy atom. The van der Waals surface area contributed by atoms with Crippen molar-refractivity contribution in [3.8, 4) is 22.3 Å². The van der Waals surface area contributed by atoms with E-state index in [1.807, 2.05) is 44.2 Å². The lowest BCUT2D eigenvalue weighted by atomic mass is 10.1. The summed E-state index contributed by atoms with van der Waals surface area (Å²) in [5.74, 6) is 2.62. The zero-order chi connectivity index (χ0) is 19.3. The van der Waals surface area contributed by atoms with E-state index in [4.69, 9.17) is 31.1 Å². The number of nitrogens with zero attached hydrogens (tertiary/aromatic N) is 3. The molecule has 0 amide bonds. The van der Waals surface area contributed by atoms with Crippen molar-refractivity contribution in [2.24, 2.45) is 0 Å². The number of rotatable bonds is 3. The van der Waals surface area contributed by atoms with Gasteiger partial charge in [-0.05, 0) is 55.4 Å². The van der Waals surface area contributed by atoms with Crippen molar-refractivity contribution in [3.63, 3.8) is 0 Å². The molecule has 0 spiro atoms. The van der Waals surface area contributed by atoms with Gasteiger partial charge in [-0.15, -0.1) is 16.4 Å². The van der Waals surface area contributed by atoms with Crippen LogP contribution in [0, 0.1) is 18.7 Å². The van der Waals surface area contributed by atoms with E-state index in [1.54, 1.807) is 0 Å². The zero-order valence-corrected chi connectivity index (χ0v) is 16.6. The number of aromatic nitrogens is 4. The van der Waals surface area contributed by atoms with Crippen molar-refractivity contribution in [2.75, 3.05) is 6.79 Å². The second kappa shape index (κ2) is 6.54. The Labute approximate surface area is 168 Å². The van der Waals surface area contributed by atoms with Crippen LogP contribution in [-0.2, 0) is 0 Å². The summed E-state index contributed by atoms with van der Waals surface area (Å²) in [6.45, 7) is 4.25. The summed E-state index contributed by atoms with van der Waals surface area (Å²) in [7, 11) is 0. The van der Waals surface area contributed by atoms with Gasteiger partial charge in [-0.25, -0.2) is 15.1 Å². The minimum atomic E-state index is 0.252. The lowest BCUT2D eigenvalue weighted by molar-refractivity contribution is 0.174. The molecule has 0 unspecified atom stereocenters. The molecule has 9 heteroatoms. The maximum atomic E-state index is 5.47. The number of aryl methyl sites for hydroxylation is 2. The highest BCUT2D eigenvalue weighted by Gasteiger charge is 2.18. The van der Waals surface area contributed by atoms with E-state index in [0.29, 0.717) is 11.7 Å². The summed E-state index contributed by atoms with van der Waals surface area (Å²) < 4.78 is 16.2. The van der Waals surface area contributed by atoms with Crippen LogP contribution < -0.4 is 9.47 Å². The quantitative estimate of drug-likeness (QED) is 0.480. The van der Waals surface area contributed by atoms with Crippen molar-refractivity contribution in [2.45, 2.75) is 13.8 Å². The first-order valence-corrected chi connectivity index (χ1v) is 9.72. The molecule has 5 rings (SSSR count). The Morgan fingerprint density at radius 3 is 2.82 bits per heavy atom. The van der Waals surface area contributed by atoms with Gasteiger partial charge in [0.25, 0.3) is 10.7 Å². The number of nitrogens with one attached hydrogen (secondary N) is 1. The molecule has 1 aliphatic heterocycles. The third kappa shape index (κ3) is 2.88. The first-order valence-electron chi connectivity index (χ1n) is 8.50. The minimum absolute atomic E-state index is 0.252. The van der Waals surface area contributed by atoms with Gasteiger partial charge in [0, 0.05) is 5.39 Å². The highest BCUT2D eigenvalue weighted by molar-refractivity contribution is 7.71. The van der Waals surface area contributed by atoms with E-state index in [-0.39, 0.29) is 11.6 Å². The Hall–Kier alpha value is -3.04. The highest BCUT2D eigenvalue weighted by Crippen LogP contribution is 2.37. The minimum Gasteiger partial charge on any atom is -0.454 e. The Kier molecular flexibility index (Phi) is 3.99. The van der Waals surface area contributed by atoms with E-state index < -0.39 is 0 Å². The normalized spacial score (nSPS) is 13.1. The molecule has 0 bridgehead atoms. The van der Waals surface area contributed by atoms with Crippen LogP contribution in [0.1, 0.15) is 22.6 Å². The maximum absolute atomic E-state index is 5.47. The average Bonchev–Trinajstić information content (AvgIpc) is 3.38. The van der Waals surface area contributed by atoms with Crippen molar-refractivity contribution in [3.05, 3.63) is 45.7 Å². The van der Waals surface area contributed by atoms with Gasteiger partial charge in [-0.1, -0.05) is 12.1 Å². The van der Waals surface area contributed by atoms with Gasteiger partial charge in [-0.3, -0.25) is 0 Å². The molecule has 4 aromatic rings. The van der Waals surface area contributed by atoms with Crippen LogP contribution >= 0.6 is 23.6 Å². The van der Waals surface area contributed by atoms with Crippen LogP contribution in [0.3, 0.4) is 0 Å². The topological polar surface area (TPSA) is 86.1 Å². The van der Waals surface area contributed by atoms with E-state index >= 15 is 0 Å². The van der Waals surface area contributed by atoms with Crippen LogP contribution in [0.5, 0.6) is 11.5 Å². The predicted molar refractivity (Wildman–Crippen MR) is 109 cm³/mol. The third-order valence-electron chi connectivity index (χ3n) is 4.44. The molecule has 0 radical (unpaired) electrons. The van der Waals surface area contributed by atoms with Gasteiger partial charge < -0.3 is 13.9 Å². The van der Waals surface area contributed by atoms with Crippen molar-refractivity contribution in [1.82, 2.24) is 20.2 Å². The Balaban J connectivity index is 1.53. The lowest BCUT2D eigenvalue weighted by Gasteiger charge is -2.00. The number of fused-ring (bicyclic) bond motifs is 2. The Morgan fingerprint density at radius 1 is 1.14 bits per heavy atom. The SMILES string of the molecule is Cc1nc(/C=C/c2ccc3c(c2)OCO3)nc2sc(-c3n[nH]c(=S)o3)c(C)c12. The standard InChI is InChI=1S/C19H14N4O3S2/c1-9-15-10(2)20-14(6-4-11-3-5-12-13(7-11)25-8-24-12)21-18(15)28-16(9)17-22-23-19(27)26-17/h3-7H,8H2,1-2H3,(H,23,27)/b6-4+. The summed E-state index contributed by atoms with van der Waals surface area (Å²) in [5, 5.41) is 7.81.